The maximum atomic E-state index is 11.6. The molecule has 1 saturated carbocycles. The second kappa shape index (κ2) is 9.12. The normalized spacial score (nSPS) is 16.8. The van der Waals surface area contributed by atoms with Crippen LogP contribution in [0.4, 0.5) is 17.6 Å². The lowest BCUT2D eigenvalue weighted by molar-refractivity contribution is -0.115. The highest BCUT2D eigenvalue weighted by Crippen LogP contribution is 2.41. The largest absolute Gasteiger partial charge is 0.381 e. The predicted octanol–water partition coefficient (Wildman–Crippen LogP) is 3.55. The highest BCUT2D eigenvalue weighted by molar-refractivity contribution is 5.90. The van der Waals surface area contributed by atoms with E-state index in [-0.39, 0.29) is 5.91 Å². The van der Waals surface area contributed by atoms with Gasteiger partial charge >= 0.3 is 0 Å². The van der Waals surface area contributed by atoms with Gasteiger partial charge in [0.2, 0.25) is 17.8 Å². The number of hydrogen-bond donors (Lipinski definition) is 3. The number of nitrogens with one attached hydrogen (secondary N) is 3. The second-order valence-electron chi connectivity index (χ2n) is 8.46. The van der Waals surface area contributed by atoms with E-state index < -0.39 is 0 Å². The number of anilines is 3. The fourth-order valence-corrected chi connectivity index (χ4v) is 3.92. The Bertz CT molecular complexity index is 1090. The van der Waals surface area contributed by atoms with Crippen LogP contribution in [0.3, 0.4) is 0 Å². The minimum Gasteiger partial charge on any atom is -0.381 e. The minimum atomic E-state index is 0.00830. The topological polar surface area (TPSA) is 105 Å². The van der Waals surface area contributed by atoms with Crippen LogP contribution in [0.15, 0.2) is 30.5 Å². The Morgan fingerprint density at radius 2 is 1.91 bits per heavy atom. The molecule has 0 radical (unpaired) electrons. The van der Waals surface area contributed by atoms with E-state index in [9.17, 15) is 4.79 Å². The number of benzene rings is 1. The Labute approximate surface area is 187 Å². The Balaban J connectivity index is 1.35. The summed E-state index contributed by atoms with van der Waals surface area (Å²) in [6.45, 7) is 3.95. The monoisotopic (exact) mass is 435 g/mol. The van der Waals surface area contributed by atoms with Gasteiger partial charge in [-0.15, -0.1) is 0 Å². The molecule has 0 atom stereocenters. The molecular weight excluding hydrogens is 406 g/mol. The number of aromatic nitrogens is 4. The number of carbonyl (C=O) groups is 1. The van der Waals surface area contributed by atoms with Crippen LogP contribution in [0.1, 0.15) is 56.1 Å². The zero-order valence-corrected chi connectivity index (χ0v) is 18.3. The lowest BCUT2D eigenvalue weighted by Crippen LogP contribution is -2.29. The number of hydrogen-bond acceptors (Lipinski definition) is 7. The van der Waals surface area contributed by atoms with Crippen LogP contribution in [-0.4, -0.2) is 44.7 Å². The van der Waals surface area contributed by atoms with Gasteiger partial charge in [0, 0.05) is 43.5 Å². The molecule has 0 unspecified atom stereocenters. The van der Waals surface area contributed by atoms with Crippen molar-refractivity contribution in [3.63, 3.8) is 0 Å². The Kier molecular flexibility index (Phi) is 5.89. The second-order valence-corrected chi connectivity index (χ2v) is 8.46. The molecule has 168 valence electrons. The van der Waals surface area contributed by atoms with Crippen LogP contribution in [0, 0.1) is 0 Å². The summed E-state index contributed by atoms with van der Waals surface area (Å²) in [5.74, 6) is 1.86. The van der Waals surface area contributed by atoms with Gasteiger partial charge in [-0.3, -0.25) is 4.79 Å². The van der Waals surface area contributed by atoms with Crippen LogP contribution >= 0.6 is 0 Å². The van der Waals surface area contributed by atoms with Crippen LogP contribution in [0.5, 0.6) is 0 Å². The molecule has 2 aliphatic rings. The minimum absolute atomic E-state index is 0.00830. The van der Waals surface area contributed by atoms with E-state index in [1.165, 1.54) is 18.4 Å². The van der Waals surface area contributed by atoms with Gasteiger partial charge in [0.15, 0.2) is 5.65 Å². The molecule has 1 amide bonds. The summed E-state index contributed by atoms with van der Waals surface area (Å²) in [7, 11) is 0. The van der Waals surface area contributed by atoms with Gasteiger partial charge in [-0.25, -0.2) is 0 Å². The van der Waals surface area contributed by atoms with Crippen molar-refractivity contribution in [1.29, 1.82) is 0 Å². The predicted molar refractivity (Wildman–Crippen MR) is 123 cm³/mol. The average Bonchev–Trinajstić information content (AvgIpc) is 3.58. The van der Waals surface area contributed by atoms with Gasteiger partial charge in [0.1, 0.15) is 0 Å². The van der Waals surface area contributed by atoms with E-state index in [1.807, 2.05) is 37.4 Å². The molecule has 9 nitrogen and oxygen atoms in total. The summed E-state index contributed by atoms with van der Waals surface area (Å²) in [4.78, 5) is 21.1. The van der Waals surface area contributed by atoms with Crippen molar-refractivity contribution >= 4 is 29.1 Å². The molecule has 2 fully saturated rings. The van der Waals surface area contributed by atoms with Crippen LogP contribution in [0.2, 0.25) is 0 Å². The molecule has 0 bridgehead atoms. The number of ether oxygens (including phenoxy) is 1. The summed E-state index contributed by atoms with van der Waals surface area (Å²) in [6, 6.07) is 8.14. The first-order valence-electron chi connectivity index (χ1n) is 11.4. The van der Waals surface area contributed by atoms with Gasteiger partial charge in [0.05, 0.1) is 6.20 Å². The van der Waals surface area contributed by atoms with E-state index in [0.717, 1.165) is 43.0 Å². The molecular formula is C23H29N7O2. The third-order valence-electron chi connectivity index (χ3n) is 5.98. The Hall–Kier alpha value is -3.20. The Morgan fingerprint density at radius 1 is 1.12 bits per heavy atom. The summed E-state index contributed by atoms with van der Waals surface area (Å²) in [5.41, 5.74) is 3.95. The van der Waals surface area contributed by atoms with Crippen molar-refractivity contribution in [2.45, 2.75) is 57.5 Å². The molecule has 0 spiro atoms. The quantitative estimate of drug-likeness (QED) is 0.497. The molecule has 2 aromatic heterocycles. The lowest BCUT2D eigenvalue weighted by atomic mass is 10.1. The third kappa shape index (κ3) is 4.67. The fourth-order valence-electron chi connectivity index (χ4n) is 3.92. The van der Waals surface area contributed by atoms with Gasteiger partial charge in [-0.1, -0.05) is 19.1 Å². The first kappa shape index (κ1) is 20.7. The van der Waals surface area contributed by atoms with Gasteiger partial charge in [0.25, 0.3) is 0 Å². The van der Waals surface area contributed by atoms with E-state index in [0.29, 0.717) is 36.8 Å². The molecule has 1 saturated heterocycles. The molecule has 1 aliphatic heterocycles. The third-order valence-corrected chi connectivity index (χ3v) is 5.98. The van der Waals surface area contributed by atoms with Gasteiger partial charge in [-0.2, -0.15) is 19.6 Å². The summed E-state index contributed by atoms with van der Waals surface area (Å²) in [5, 5.41) is 14.4. The van der Waals surface area contributed by atoms with Crippen molar-refractivity contribution < 1.29 is 9.53 Å². The van der Waals surface area contributed by atoms with Crippen molar-refractivity contribution in [2.24, 2.45) is 0 Å². The maximum absolute atomic E-state index is 11.6. The van der Waals surface area contributed by atoms with E-state index in [1.54, 1.807) is 4.52 Å². The van der Waals surface area contributed by atoms with Gasteiger partial charge in [-0.05, 0) is 49.3 Å². The number of carbonyl (C=O) groups excluding carboxylic acids is 1. The van der Waals surface area contributed by atoms with Crippen molar-refractivity contribution in [3.05, 3.63) is 41.6 Å². The SMILES string of the molecule is CCC(=O)Nc1ccc(CNc2nc(NC3CCOCC3)nc3c(C4CC4)cnn23)cc1. The van der Waals surface area contributed by atoms with Crippen LogP contribution in [0.25, 0.3) is 5.65 Å². The number of rotatable bonds is 8. The first-order chi connectivity index (χ1) is 15.7. The zero-order valence-electron chi connectivity index (χ0n) is 18.3. The fraction of sp³-hybridized carbons (Fsp3) is 0.478. The van der Waals surface area contributed by atoms with Crippen LogP contribution < -0.4 is 16.0 Å². The highest BCUT2D eigenvalue weighted by atomic mass is 16.5. The molecule has 1 aliphatic carbocycles. The molecule has 32 heavy (non-hydrogen) atoms. The molecule has 3 aromatic rings. The molecule has 9 heteroatoms. The smallest absolute Gasteiger partial charge is 0.229 e. The van der Waals surface area contributed by atoms with E-state index >= 15 is 0 Å². The summed E-state index contributed by atoms with van der Waals surface area (Å²) >= 11 is 0. The maximum Gasteiger partial charge on any atom is 0.229 e. The summed E-state index contributed by atoms with van der Waals surface area (Å²) < 4.78 is 7.28. The lowest BCUT2D eigenvalue weighted by Gasteiger charge is -2.23. The number of fused-ring (bicyclic) bond motifs is 1. The van der Waals surface area contributed by atoms with Crippen molar-refractivity contribution in [3.8, 4) is 0 Å². The standard InChI is InChI=1S/C23H29N7O2/c1-2-20(31)26-17-7-3-15(4-8-17)13-24-23-29-22(27-18-9-11-32-12-10-18)28-21-19(16-5-6-16)14-25-30(21)23/h3-4,7-8,14,16,18H,2,5-6,9-13H2,1H3,(H,26,31)(H2,24,27,28,29). The molecule has 1 aromatic carbocycles. The first-order valence-corrected chi connectivity index (χ1v) is 11.4. The Morgan fingerprint density at radius 3 is 2.62 bits per heavy atom. The molecule has 5 rings (SSSR count). The van der Waals surface area contributed by atoms with Crippen molar-refractivity contribution in [2.75, 3.05) is 29.2 Å². The van der Waals surface area contributed by atoms with Gasteiger partial charge < -0.3 is 20.7 Å². The number of amides is 1. The van der Waals surface area contributed by atoms with Crippen LogP contribution in [-0.2, 0) is 16.1 Å². The highest BCUT2D eigenvalue weighted by Gasteiger charge is 2.29. The zero-order chi connectivity index (χ0) is 21.9. The number of nitrogens with zero attached hydrogens (tertiary/aromatic N) is 4. The average molecular weight is 436 g/mol. The van der Waals surface area contributed by atoms with Crippen molar-refractivity contribution in [1.82, 2.24) is 19.6 Å². The van der Waals surface area contributed by atoms with E-state index in [4.69, 9.17) is 14.7 Å². The van der Waals surface area contributed by atoms with E-state index in [2.05, 4.69) is 21.0 Å². The summed E-state index contributed by atoms with van der Waals surface area (Å²) in [6.07, 6.45) is 6.68. The molecule has 3 heterocycles. The molecule has 3 N–H and O–H groups in total.